The summed E-state index contributed by atoms with van der Waals surface area (Å²) in [6.07, 6.45) is 2.27. The molecule has 0 radical (unpaired) electrons. The van der Waals surface area contributed by atoms with E-state index in [1.54, 1.807) is 0 Å². The van der Waals surface area contributed by atoms with Crippen molar-refractivity contribution in [3.8, 4) is 6.07 Å². The molecule has 0 bridgehead atoms. The molecule has 4 nitrogen and oxygen atoms in total. The van der Waals surface area contributed by atoms with Gasteiger partial charge in [-0.1, -0.05) is 60.3 Å². The second-order valence-electron chi connectivity index (χ2n) is 6.42. The zero-order chi connectivity index (χ0) is 18.5. The van der Waals surface area contributed by atoms with E-state index in [-0.39, 0.29) is 0 Å². The third-order valence-electron chi connectivity index (χ3n) is 4.58. The van der Waals surface area contributed by atoms with Crippen LogP contribution in [0.3, 0.4) is 0 Å². The van der Waals surface area contributed by atoms with E-state index in [4.69, 9.17) is 4.99 Å². The molecule has 2 aliphatic heterocycles. The van der Waals surface area contributed by atoms with Crippen LogP contribution in [0.25, 0.3) is 5.70 Å². The van der Waals surface area contributed by atoms with E-state index in [9.17, 15) is 5.26 Å². The van der Waals surface area contributed by atoms with Crippen molar-refractivity contribution in [1.82, 2.24) is 4.90 Å². The molecule has 2 aromatic rings. The van der Waals surface area contributed by atoms with Crippen LogP contribution in [-0.4, -0.2) is 23.8 Å². The number of rotatable bonds is 3. The molecule has 0 aliphatic carbocycles. The van der Waals surface area contributed by atoms with Crippen LogP contribution in [0, 0.1) is 11.3 Å². The molecule has 5 heteroatoms. The van der Waals surface area contributed by atoms with E-state index in [0.29, 0.717) is 5.57 Å². The second-order valence-corrected chi connectivity index (χ2v) is 7.30. The summed E-state index contributed by atoms with van der Waals surface area (Å²) in [5.74, 6) is 0.772. The van der Waals surface area contributed by atoms with E-state index < -0.39 is 0 Å². The lowest BCUT2D eigenvalue weighted by atomic mass is 10.2. The van der Waals surface area contributed by atoms with Crippen LogP contribution in [0.2, 0.25) is 0 Å². The molecule has 0 atom stereocenters. The van der Waals surface area contributed by atoms with Gasteiger partial charge in [-0.2, -0.15) is 5.26 Å². The van der Waals surface area contributed by atoms with Crippen molar-refractivity contribution in [3.63, 3.8) is 0 Å². The third kappa shape index (κ3) is 3.91. The Morgan fingerprint density at radius 2 is 1.63 bits per heavy atom. The quantitative estimate of drug-likeness (QED) is 0.817. The van der Waals surface area contributed by atoms with E-state index in [1.807, 2.05) is 53.9 Å². The van der Waals surface area contributed by atoms with Crippen LogP contribution in [-0.2, 0) is 0 Å². The highest BCUT2D eigenvalue weighted by molar-refractivity contribution is 8.06. The molecular weight excluding hydrogens is 352 g/mol. The van der Waals surface area contributed by atoms with Gasteiger partial charge in [0.05, 0.1) is 10.7 Å². The first-order valence-corrected chi connectivity index (χ1v) is 9.96. The Morgan fingerprint density at radius 3 is 2.30 bits per heavy atom. The minimum atomic E-state index is 0.605. The predicted molar refractivity (Wildman–Crippen MR) is 113 cm³/mol. The number of nitrogens with zero attached hydrogens (tertiary/aromatic N) is 3. The highest BCUT2D eigenvalue weighted by Gasteiger charge is 2.25. The van der Waals surface area contributed by atoms with Crippen LogP contribution in [0.4, 0.5) is 5.69 Å². The number of benzene rings is 2. The van der Waals surface area contributed by atoms with Crippen LogP contribution in [0.5, 0.6) is 0 Å². The van der Waals surface area contributed by atoms with E-state index in [1.165, 1.54) is 11.8 Å². The molecule has 2 aliphatic rings. The molecule has 0 aromatic heterocycles. The maximum Gasteiger partial charge on any atom is 0.149 e. The lowest BCUT2D eigenvalue weighted by molar-refractivity contribution is 0.521. The summed E-state index contributed by atoms with van der Waals surface area (Å²) in [6.45, 7) is 1.88. The zero-order valence-electron chi connectivity index (χ0n) is 14.9. The second kappa shape index (κ2) is 8.15. The van der Waals surface area contributed by atoms with E-state index in [2.05, 4.69) is 28.4 Å². The predicted octanol–water partition coefficient (Wildman–Crippen LogP) is 5.07. The standard InChI is InChI=1S/C22H20N4S/c23-15-19-21(26-13-7-8-14-26)25-20(17-9-3-1-4-10-17)16-27-22(19)24-18-11-5-2-6-12-18/h1-6,9-12,16,24H,7-8,13-14H2. The molecule has 4 rings (SSSR count). The maximum absolute atomic E-state index is 9.96. The number of nitrogens with one attached hydrogen (secondary N) is 1. The summed E-state index contributed by atoms with van der Waals surface area (Å²) in [5, 5.41) is 16.2. The van der Waals surface area contributed by atoms with Crippen molar-refractivity contribution in [3.05, 3.63) is 82.2 Å². The fourth-order valence-electron chi connectivity index (χ4n) is 3.22. The van der Waals surface area contributed by atoms with Crippen molar-refractivity contribution in [2.45, 2.75) is 12.8 Å². The highest BCUT2D eigenvalue weighted by atomic mass is 32.2. The normalized spacial score (nSPS) is 17.1. The molecular formula is C22H20N4S. The molecule has 134 valence electrons. The van der Waals surface area contributed by atoms with Crippen LogP contribution >= 0.6 is 11.8 Å². The highest BCUT2D eigenvalue weighted by Crippen LogP contribution is 2.33. The largest absolute Gasteiger partial charge is 0.355 e. The van der Waals surface area contributed by atoms with E-state index in [0.717, 1.165) is 53.7 Å². The Kier molecular flexibility index (Phi) is 5.27. The van der Waals surface area contributed by atoms with Crippen molar-refractivity contribution >= 4 is 29.0 Å². The molecule has 1 fully saturated rings. The van der Waals surface area contributed by atoms with Gasteiger partial charge in [0.2, 0.25) is 0 Å². The monoisotopic (exact) mass is 372 g/mol. The van der Waals surface area contributed by atoms with E-state index >= 15 is 0 Å². The first-order chi connectivity index (χ1) is 13.3. The SMILES string of the molecule is N#CC1=C(Nc2ccccc2)SC=C(c2ccccc2)N=C1N1CCCC1. The number of amidine groups is 1. The van der Waals surface area contributed by atoms with Crippen molar-refractivity contribution in [2.24, 2.45) is 4.99 Å². The average Bonchev–Trinajstić information content (AvgIpc) is 3.19. The number of para-hydroxylation sites is 1. The Morgan fingerprint density at radius 1 is 0.963 bits per heavy atom. The molecule has 0 spiro atoms. The average molecular weight is 372 g/mol. The van der Waals surface area contributed by atoms with Gasteiger partial charge in [-0.15, -0.1) is 0 Å². The van der Waals surface area contributed by atoms with Crippen LogP contribution in [0.1, 0.15) is 18.4 Å². The first-order valence-electron chi connectivity index (χ1n) is 9.08. The smallest absolute Gasteiger partial charge is 0.149 e. The number of likely N-dealkylation sites (tertiary alicyclic amines) is 1. The lowest BCUT2D eigenvalue weighted by Crippen LogP contribution is -2.30. The van der Waals surface area contributed by atoms with Crippen molar-refractivity contribution in [1.29, 1.82) is 5.26 Å². The number of anilines is 1. The first kappa shape index (κ1) is 17.4. The van der Waals surface area contributed by atoms with Gasteiger partial charge in [0.1, 0.15) is 17.5 Å². The number of thioether (sulfide) groups is 1. The third-order valence-corrected chi connectivity index (χ3v) is 5.47. The molecule has 0 unspecified atom stereocenters. The Balaban J connectivity index is 1.77. The molecule has 1 N–H and O–H groups in total. The number of hydrogen-bond acceptors (Lipinski definition) is 5. The maximum atomic E-state index is 9.96. The van der Waals surface area contributed by atoms with Gasteiger partial charge in [0.25, 0.3) is 0 Å². The van der Waals surface area contributed by atoms with Gasteiger partial charge in [-0.05, 0) is 25.0 Å². The number of nitriles is 1. The molecule has 27 heavy (non-hydrogen) atoms. The van der Waals surface area contributed by atoms with Crippen molar-refractivity contribution < 1.29 is 0 Å². The molecule has 2 heterocycles. The zero-order valence-corrected chi connectivity index (χ0v) is 15.7. The van der Waals surface area contributed by atoms with Gasteiger partial charge in [0, 0.05) is 29.7 Å². The summed E-state index contributed by atoms with van der Waals surface area (Å²) in [6, 6.07) is 22.5. The minimum absolute atomic E-state index is 0.605. The molecule has 0 amide bonds. The van der Waals surface area contributed by atoms with Crippen molar-refractivity contribution in [2.75, 3.05) is 18.4 Å². The minimum Gasteiger partial charge on any atom is -0.355 e. The van der Waals surface area contributed by atoms with Crippen LogP contribution in [0.15, 0.2) is 81.7 Å². The molecule has 2 aromatic carbocycles. The summed E-state index contributed by atoms with van der Waals surface area (Å²) in [4.78, 5) is 7.16. The molecule has 0 saturated carbocycles. The Bertz CT molecular complexity index is 933. The van der Waals surface area contributed by atoms with Gasteiger partial charge in [0.15, 0.2) is 0 Å². The summed E-state index contributed by atoms with van der Waals surface area (Å²) < 4.78 is 0. The fourth-order valence-corrected chi connectivity index (χ4v) is 4.07. The summed E-state index contributed by atoms with van der Waals surface area (Å²) in [5.41, 5.74) is 3.51. The topological polar surface area (TPSA) is 51.4 Å². The van der Waals surface area contributed by atoms with Crippen LogP contribution < -0.4 is 5.32 Å². The van der Waals surface area contributed by atoms with Gasteiger partial charge < -0.3 is 10.2 Å². The Hall–Kier alpha value is -2.97. The summed E-state index contributed by atoms with van der Waals surface area (Å²) >= 11 is 1.52. The fraction of sp³-hybridized carbons (Fsp3) is 0.182. The lowest BCUT2D eigenvalue weighted by Gasteiger charge is -2.20. The number of hydrogen-bond donors (Lipinski definition) is 1. The Labute approximate surface area is 163 Å². The van der Waals surface area contributed by atoms with Gasteiger partial charge in [-0.3, -0.25) is 0 Å². The van der Waals surface area contributed by atoms with Gasteiger partial charge >= 0.3 is 0 Å². The van der Waals surface area contributed by atoms with Gasteiger partial charge in [-0.25, -0.2) is 4.99 Å². The summed E-state index contributed by atoms with van der Waals surface area (Å²) in [7, 11) is 0. The number of aliphatic imine (C=N–C) groups is 1. The molecule has 1 saturated heterocycles.